The van der Waals surface area contributed by atoms with Gasteiger partial charge in [-0.3, -0.25) is 0 Å². The van der Waals surface area contributed by atoms with Gasteiger partial charge in [0.05, 0.1) is 6.42 Å². The molecular formula is C17H12F3N5O3. The Morgan fingerprint density at radius 1 is 1.00 bits per heavy atom. The number of hydrogen-bond acceptors (Lipinski definition) is 7. The fourth-order valence-corrected chi connectivity index (χ4v) is 2.58. The summed E-state index contributed by atoms with van der Waals surface area (Å²) in [6.07, 6.45) is -4.84. The van der Waals surface area contributed by atoms with Crippen molar-refractivity contribution in [2.75, 3.05) is 0 Å². The van der Waals surface area contributed by atoms with Crippen LogP contribution in [0.25, 0.3) is 11.4 Å². The van der Waals surface area contributed by atoms with E-state index in [-0.39, 0.29) is 5.75 Å². The first-order valence-corrected chi connectivity index (χ1v) is 8.07. The van der Waals surface area contributed by atoms with Gasteiger partial charge in [-0.05, 0) is 52.4 Å². The Bertz CT molecular complexity index is 957. The van der Waals surface area contributed by atoms with Crippen LogP contribution in [0.4, 0.5) is 13.2 Å². The summed E-state index contributed by atoms with van der Waals surface area (Å²) < 4.78 is 46.2. The van der Waals surface area contributed by atoms with E-state index in [0.29, 0.717) is 29.5 Å². The summed E-state index contributed by atoms with van der Waals surface area (Å²) in [5, 5.41) is 17.4. The molecule has 0 amide bonds. The van der Waals surface area contributed by atoms with Gasteiger partial charge in [0.1, 0.15) is 11.5 Å². The molecule has 0 saturated carbocycles. The zero-order valence-corrected chi connectivity index (χ0v) is 14.1. The molecule has 1 aliphatic heterocycles. The minimum absolute atomic E-state index is 0.298. The molecule has 0 aliphatic carbocycles. The standard InChI is InChI=1S/C17H12F3N5O3/c18-17(19,20)27-13-7-1-10(2-8-13)14-9-15(23-28-14)26-12-5-3-11(4-6-12)16-21-24-25-22-16/h1-8,14H,9H2,(H,21,22,24,25)/t14-/m0/s1. The number of alkyl halides is 3. The second-order valence-corrected chi connectivity index (χ2v) is 5.78. The third-order valence-corrected chi connectivity index (χ3v) is 3.84. The topological polar surface area (TPSA) is 94.5 Å². The number of hydrogen-bond donors (Lipinski definition) is 1. The number of halogens is 3. The second-order valence-electron chi connectivity index (χ2n) is 5.78. The molecule has 0 fully saturated rings. The Morgan fingerprint density at radius 2 is 1.71 bits per heavy atom. The largest absolute Gasteiger partial charge is 0.573 e. The molecule has 1 N–H and O–H groups in total. The molecule has 2 aromatic carbocycles. The van der Waals surface area contributed by atoms with E-state index < -0.39 is 12.5 Å². The monoisotopic (exact) mass is 391 g/mol. The van der Waals surface area contributed by atoms with Gasteiger partial charge in [0.25, 0.3) is 0 Å². The van der Waals surface area contributed by atoms with E-state index in [1.165, 1.54) is 24.3 Å². The van der Waals surface area contributed by atoms with Gasteiger partial charge in [-0.15, -0.1) is 18.3 Å². The van der Waals surface area contributed by atoms with Crippen molar-refractivity contribution in [1.29, 1.82) is 0 Å². The van der Waals surface area contributed by atoms with Crippen molar-refractivity contribution >= 4 is 5.90 Å². The van der Waals surface area contributed by atoms with Gasteiger partial charge in [-0.25, -0.2) is 5.10 Å². The lowest BCUT2D eigenvalue weighted by atomic mass is 10.1. The van der Waals surface area contributed by atoms with Crippen molar-refractivity contribution in [1.82, 2.24) is 20.6 Å². The van der Waals surface area contributed by atoms with Crippen LogP contribution in [0.5, 0.6) is 11.5 Å². The first-order chi connectivity index (χ1) is 13.5. The van der Waals surface area contributed by atoms with Crippen LogP contribution in [0.15, 0.2) is 53.7 Å². The van der Waals surface area contributed by atoms with Gasteiger partial charge in [0.15, 0.2) is 11.9 Å². The van der Waals surface area contributed by atoms with E-state index in [2.05, 4.69) is 30.5 Å². The van der Waals surface area contributed by atoms with Crippen molar-refractivity contribution in [2.24, 2.45) is 5.16 Å². The van der Waals surface area contributed by atoms with Crippen LogP contribution in [-0.4, -0.2) is 32.9 Å². The molecule has 8 nitrogen and oxygen atoms in total. The normalized spacial score (nSPS) is 16.4. The van der Waals surface area contributed by atoms with E-state index in [9.17, 15) is 13.2 Å². The first kappa shape index (κ1) is 17.8. The van der Waals surface area contributed by atoms with E-state index in [0.717, 1.165) is 5.56 Å². The molecule has 1 aliphatic rings. The summed E-state index contributed by atoms with van der Waals surface area (Å²) in [5.41, 5.74) is 1.45. The highest BCUT2D eigenvalue weighted by atomic mass is 19.4. The number of oxime groups is 1. The number of nitrogens with one attached hydrogen (secondary N) is 1. The number of nitrogens with zero attached hydrogens (tertiary/aromatic N) is 4. The minimum atomic E-state index is -4.73. The number of ether oxygens (including phenoxy) is 2. The molecule has 2 heterocycles. The summed E-state index contributed by atoms with van der Waals surface area (Å²) in [4.78, 5) is 5.32. The van der Waals surface area contributed by atoms with Crippen molar-refractivity contribution in [3.05, 3.63) is 54.1 Å². The molecule has 144 valence electrons. The molecule has 1 atom stereocenters. The lowest BCUT2D eigenvalue weighted by Crippen LogP contribution is -2.17. The van der Waals surface area contributed by atoms with Crippen LogP contribution in [0.3, 0.4) is 0 Å². The summed E-state index contributed by atoms with van der Waals surface area (Å²) in [5.74, 6) is 1.14. The molecule has 4 rings (SSSR count). The Balaban J connectivity index is 1.35. The smallest absolute Gasteiger partial charge is 0.440 e. The summed E-state index contributed by atoms with van der Waals surface area (Å²) in [6.45, 7) is 0. The molecule has 0 spiro atoms. The van der Waals surface area contributed by atoms with Gasteiger partial charge < -0.3 is 14.3 Å². The molecule has 28 heavy (non-hydrogen) atoms. The van der Waals surface area contributed by atoms with E-state index >= 15 is 0 Å². The molecule has 0 radical (unpaired) electrons. The van der Waals surface area contributed by atoms with Crippen LogP contribution in [0, 0.1) is 0 Å². The second kappa shape index (κ2) is 7.18. The Morgan fingerprint density at radius 3 is 2.36 bits per heavy atom. The number of benzene rings is 2. The van der Waals surface area contributed by atoms with Crippen LogP contribution in [0.2, 0.25) is 0 Å². The van der Waals surface area contributed by atoms with Gasteiger partial charge in [0, 0.05) is 5.56 Å². The van der Waals surface area contributed by atoms with Crippen LogP contribution in [0.1, 0.15) is 18.1 Å². The molecule has 0 unspecified atom stereocenters. The highest BCUT2D eigenvalue weighted by Gasteiger charge is 2.31. The highest BCUT2D eigenvalue weighted by molar-refractivity contribution is 5.80. The Hall–Kier alpha value is -3.63. The predicted octanol–water partition coefficient (Wildman–Crippen LogP) is 3.62. The summed E-state index contributed by atoms with van der Waals surface area (Å²) in [6, 6.07) is 12.5. The third-order valence-electron chi connectivity index (χ3n) is 3.84. The Labute approximate surface area is 155 Å². The van der Waals surface area contributed by atoms with Gasteiger partial charge >= 0.3 is 6.36 Å². The lowest BCUT2D eigenvalue weighted by Gasteiger charge is -2.11. The lowest BCUT2D eigenvalue weighted by molar-refractivity contribution is -0.274. The summed E-state index contributed by atoms with van der Waals surface area (Å²) >= 11 is 0. The van der Waals surface area contributed by atoms with Crippen molar-refractivity contribution in [3.63, 3.8) is 0 Å². The molecular weight excluding hydrogens is 379 g/mol. The van der Waals surface area contributed by atoms with Crippen molar-refractivity contribution in [2.45, 2.75) is 18.9 Å². The van der Waals surface area contributed by atoms with Crippen molar-refractivity contribution in [3.8, 4) is 22.9 Å². The SMILES string of the molecule is FC(F)(F)Oc1ccc([C@@H]2CC(Oc3ccc(-c4nnn[nH]4)cc3)=NO2)cc1. The van der Waals surface area contributed by atoms with E-state index in [4.69, 9.17) is 9.57 Å². The molecule has 3 aromatic rings. The maximum absolute atomic E-state index is 12.2. The number of tetrazole rings is 1. The van der Waals surface area contributed by atoms with Crippen LogP contribution >= 0.6 is 0 Å². The molecule has 1 aromatic heterocycles. The first-order valence-electron chi connectivity index (χ1n) is 8.07. The van der Waals surface area contributed by atoms with Crippen LogP contribution in [-0.2, 0) is 4.84 Å². The minimum Gasteiger partial charge on any atom is -0.440 e. The van der Waals surface area contributed by atoms with Gasteiger partial charge in [-0.2, -0.15) is 0 Å². The molecule has 0 bridgehead atoms. The predicted molar refractivity (Wildman–Crippen MR) is 89.2 cm³/mol. The van der Waals surface area contributed by atoms with Gasteiger partial charge in [-0.1, -0.05) is 17.3 Å². The van der Waals surface area contributed by atoms with E-state index in [1.807, 2.05) is 0 Å². The third kappa shape index (κ3) is 4.19. The fraction of sp³-hybridized carbons (Fsp3) is 0.176. The maximum Gasteiger partial charge on any atom is 0.573 e. The number of aromatic amines is 1. The average molecular weight is 391 g/mol. The zero-order valence-electron chi connectivity index (χ0n) is 14.1. The molecule has 0 saturated heterocycles. The van der Waals surface area contributed by atoms with Crippen molar-refractivity contribution < 1.29 is 27.5 Å². The summed E-state index contributed by atoms with van der Waals surface area (Å²) in [7, 11) is 0. The number of rotatable bonds is 4. The Kier molecular flexibility index (Phi) is 4.55. The number of aromatic nitrogens is 4. The highest BCUT2D eigenvalue weighted by Crippen LogP contribution is 2.31. The quantitative estimate of drug-likeness (QED) is 0.730. The fourth-order valence-electron chi connectivity index (χ4n) is 2.58. The average Bonchev–Trinajstić information content (AvgIpc) is 3.34. The number of H-pyrrole nitrogens is 1. The van der Waals surface area contributed by atoms with Gasteiger partial charge in [0.2, 0.25) is 5.90 Å². The maximum atomic E-state index is 12.2. The molecule has 11 heteroatoms. The zero-order chi connectivity index (χ0) is 19.6. The van der Waals surface area contributed by atoms with Crippen LogP contribution < -0.4 is 9.47 Å². The van der Waals surface area contributed by atoms with E-state index in [1.54, 1.807) is 24.3 Å².